The van der Waals surface area contributed by atoms with Crippen LogP contribution in [-0.2, 0) is 30.2 Å². The minimum absolute atomic E-state index is 0.0644. The summed E-state index contributed by atoms with van der Waals surface area (Å²) in [5, 5.41) is 7.12. The van der Waals surface area contributed by atoms with Crippen molar-refractivity contribution in [2.24, 2.45) is 20.0 Å². The van der Waals surface area contributed by atoms with E-state index in [1.165, 1.54) is 31.4 Å². The van der Waals surface area contributed by atoms with Crippen molar-refractivity contribution in [1.29, 1.82) is 0 Å². The van der Waals surface area contributed by atoms with Gasteiger partial charge in [0.1, 0.15) is 5.69 Å². The minimum Gasteiger partial charge on any atom is -0.475 e. The lowest BCUT2D eigenvalue weighted by molar-refractivity contribution is -0.192. The van der Waals surface area contributed by atoms with Gasteiger partial charge in [-0.3, -0.25) is 4.79 Å². The average molecular weight is 470 g/mol. The van der Waals surface area contributed by atoms with Gasteiger partial charge in [0.25, 0.3) is 5.91 Å². The Kier molecular flexibility index (Phi) is 7.83. The molecule has 8 nitrogen and oxygen atoms in total. The van der Waals surface area contributed by atoms with Gasteiger partial charge in [0.2, 0.25) is 0 Å². The smallest absolute Gasteiger partial charge is 0.475 e. The molecule has 0 bridgehead atoms. The molecule has 1 amide bonds. The Labute approximate surface area is 190 Å². The summed E-state index contributed by atoms with van der Waals surface area (Å²) >= 11 is 0. The van der Waals surface area contributed by atoms with Crippen LogP contribution in [0.15, 0.2) is 24.7 Å². The van der Waals surface area contributed by atoms with Gasteiger partial charge in [-0.1, -0.05) is 12.8 Å². The van der Waals surface area contributed by atoms with E-state index in [1.54, 1.807) is 0 Å². The first-order valence-corrected chi connectivity index (χ1v) is 10.9. The largest absolute Gasteiger partial charge is 0.490 e. The maximum atomic E-state index is 13.0. The number of halogens is 3. The third-order valence-electron chi connectivity index (χ3n) is 6.07. The number of carboxylic acid groups (broad SMARTS) is 1. The molecule has 2 aliphatic rings. The number of amides is 1. The molecule has 1 aliphatic carbocycles. The van der Waals surface area contributed by atoms with Crippen LogP contribution in [0.4, 0.5) is 13.2 Å². The van der Waals surface area contributed by atoms with Crippen molar-refractivity contribution in [1.82, 2.24) is 19.0 Å². The number of alkyl halides is 3. The molecule has 0 saturated heterocycles. The van der Waals surface area contributed by atoms with E-state index >= 15 is 0 Å². The van der Waals surface area contributed by atoms with E-state index in [9.17, 15) is 18.0 Å². The number of nitrogens with zero attached hydrogens (tertiary/aromatic N) is 4. The highest BCUT2D eigenvalue weighted by Crippen LogP contribution is 2.30. The molecule has 33 heavy (non-hydrogen) atoms. The Morgan fingerprint density at radius 1 is 1.18 bits per heavy atom. The summed E-state index contributed by atoms with van der Waals surface area (Å²) in [4.78, 5) is 28.3. The molecule has 0 aromatic carbocycles. The Morgan fingerprint density at radius 3 is 2.42 bits per heavy atom. The summed E-state index contributed by atoms with van der Waals surface area (Å²) in [5.41, 5.74) is 2.93. The molecule has 1 aliphatic heterocycles. The number of ether oxygens (including phenoxy) is 1. The zero-order chi connectivity index (χ0) is 24.2. The van der Waals surface area contributed by atoms with Gasteiger partial charge in [-0.05, 0) is 30.9 Å². The van der Waals surface area contributed by atoms with E-state index in [2.05, 4.69) is 9.55 Å². The highest BCUT2D eigenvalue weighted by atomic mass is 19.4. The van der Waals surface area contributed by atoms with Crippen LogP contribution in [0.5, 0.6) is 0 Å². The number of imidazole rings is 1. The van der Waals surface area contributed by atoms with Crippen LogP contribution in [-0.4, -0.2) is 61.9 Å². The van der Waals surface area contributed by atoms with Crippen molar-refractivity contribution in [3.63, 3.8) is 0 Å². The Hall–Kier alpha value is -2.82. The monoisotopic (exact) mass is 470 g/mol. The lowest BCUT2D eigenvalue weighted by atomic mass is 9.98. The van der Waals surface area contributed by atoms with Gasteiger partial charge in [-0.15, -0.1) is 0 Å². The van der Waals surface area contributed by atoms with Crippen molar-refractivity contribution >= 4 is 11.9 Å². The lowest BCUT2D eigenvalue weighted by Gasteiger charge is -2.33. The van der Waals surface area contributed by atoms with Gasteiger partial charge in [-0.2, -0.15) is 13.2 Å². The molecule has 11 heteroatoms. The van der Waals surface area contributed by atoms with Gasteiger partial charge in [0.05, 0.1) is 25.2 Å². The molecule has 1 saturated carbocycles. The van der Waals surface area contributed by atoms with Crippen LogP contribution in [0.2, 0.25) is 0 Å². The van der Waals surface area contributed by atoms with Crippen molar-refractivity contribution < 1.29 is 32.6 Å². The van der Waals surface area contributed by atoms with Crippen LogP contribution in [0.25, 0.3) is 0 Å². The molecule has 182 valence electrons. The number of hydrogen-bond donors (Lipinski definition) is 1. The summed E-state index contributed by atoms with van der Waals surface area (Å²) in [7, 11) is 3.94. The summed E-state index contributed by atoms with van der Waals surface area (Å²) in [6, 6.07) is 3.79. The molecule has 1 atom stereocenters. The number of aryl methyl sites for hydroxylation is 2. The standard InChI is InChI=1S/C20H28N4O2.C2HF3O2/c1-22-9-5-8-18(22)20(25)24-10-16(13-26-12-15-6-3-4-7-15)19-17(11-24)21-14-23(19)2;3-2(4,5)1(6)7/h5,8-9,14-16H,3-4,6-7,10-13H2,1-2H3;(H,6,7). The van der Waals surface area contributed by atoms with E-state index in [4.69, 9.17) is 14.6 Å². The zero-order valence-corrected chi connectivity index (χ0v) is 18.7. The SMILES string of the molecule is Cn1cccc1C(=O)N1Cc2ncn(C)c2C(COCC2CCCC2)C1.O=C(O)C(F)(F)F. The second-order valence-electron chi connectivity index (χ2n) is 8.57. The quantitative estimate of drug-likeness (QED) is 0.724. The van der Waals surface area contributed by atoms with Crippen molar-refractivity contribution in [3.05, 3.63) is 41.7 Å². The number of aromatic nitrogens is 3. The van der Waals surface area contributed by atoms with E-state index < -0.39 is 12.1 Å². The maximum absolute atomic E-state index is 13.0. The van der Waals surface area contributed by atoms with Crippen LogP contribution in [0, 0.1) is 5.92 Å². The third kappa shape index (κ3) is 6.16. The van der Waals surface area contributed by atoms with E-state index in [0.717, 1.165) is 18.0 Å². The Balaban J connectivity index is 0.000000383. The van der Waals surface area contributed by atoms with Gasteiger partial charge in [0.15, 0.2) is 0 Å². The van der Waals surface area contributed by atoms with Crippen molar-refractivity contribution in [3.8, 4) is 0 Å². The summed E-state index contributed by atoms with van der Waals surface area (Å²) in [6.45, 7) is 2.75. The van der Waals surface area contributed by atoms with Crippen molar-refractivity contribution in [2.75, 3.05) is 19.8 Å². The molecule has 2 aromatic heterocycles. The van der Waals surface area contributed by atoms with Gasteiger partial charge in [-0.25, -0.2) is 9.78 Å². The fraction of sp³-hybridized carbons (Fsp3) is 0.591. The Bertz CT molecular complexity index is 963. The van der Waals surface area contributed by atoms with Gasteiger partial charge >= 0.3 is 12.1 Å². The molecule has 1 fully saturated rings. The number of aliphatic carboxylic acids is 1. The molecule has 1 N–H and O–H groups in total. The zero-order valence-electron chi connectivity index (χ0n) is 18.7. The van der Waals surface area contributed by atoms with Crippen molar-refractivity contribution in [2.45, 2.75) is 44.3 Å². The van der Waals surface area contributed by atoms with Crippen LogP contribution < -0.4 is 0 Å². The average Bonchev–Trinajstić information content (AvgIpc) is 3.49. The molecule has 0 spiro atoms. The fourth-order valence-electron chi connectivity index (χ4n) is 4.42. The molecule has 3 heterocycles. The number of rotatable bonds is 5. The minimum atomic E-state index is -5.08. The van der Waals surface area contributed by atoms with Gasteiger partial charge < -0.3 is 23.9 Å². The van der Waals surface area contributed by atoms with Crippen LogP contribution >= 0.6 is 0 Å². The first-order chi connectivity index (χ1) is 15.6. The van der Waals surface area contributed by atoms with Gasteiger partial charge in [0, 0.05) is 45.1 Å². The summed E-state index contributed by atoms with van der Waals surface area (Å²) in [5.74, 6) is -1.80. The first-order valence-electron chi connectivity index (χ1n) is 10.9. The lowest BCUT2D eigenvalue weighted by Crippen LogP contribution is -2.41. The van der Waals surface area contributed by atoms with Crippen LogP contribution in [0.3, 0.4) is 0 Å². The van der Waals surface area contributed by atoms with E-state index in [-0.39, 0.29) is 11.8 Å². The predicted octanol–water partition coefficient (Wildman–Crippen LogP) is 3.34. The highest BCUT2D eigenvalue weighted by molar-refractivity contribution is 5.92. The normalized spacial score (nSPS) is 18.6. The fourth-order valence-corrected chi connectivity index (χ4v) is 4.42. The molecular formula is C22H29F3N4O4. The number of carboxylic acids is 1. The molecular weight excluding hydrogens is 441 g/mol. The molecule has 0 radical (unpaired) electrons. The third-order valence-corrected chi connectivity index (χ3v) is 6.07. The number of carbonyl (C=O) groups is 2. The van der Waals surface area contributed by atoms with E-state index in [0.29, 0.717) is 25.6 Å². The second kappa shape index (κ2) is 10.4. The summed E-state index contributed by atoms with van der Waals surface area (Å²) < 4.78 is 41.8. The highest BCUT2D eigenvalue weighted by Gasteiger charge is 2.38. The van der Waals surface area contributed by atoms with Crippen LogP contribution in [0.1, 0.15) is 53.5 Å². The maximum Gasteiger partial charge on any atom is 0.490 e. The number of fused-ring (bicyclic) bond motifs is 1. The second-order valence-corrected chi connectivity index (χ2v) is 8.57. The molecule has 4 rings (SSSR count). The van der Waals surface area contributed by atoms with E-state index in [1.807, 2.05) is 48.2 Å². The number of hydrogen-bond acceptors (Lipinski definition) is 4. The first kappa shape index (κ1) is 24.8. The predicted molar refractivity (Wildman–Crippen MR) is 113 cm³/mol. The topological polar surface area (TPSA) is 89.6 Å². The Morgan fingerprint density at radius 2 is 1.85 bits per heavy atom. The molecule has 2 aromatic rings. The summed E-state index contributed by atoms with van der Waals surface area (Å²) in [6.07, 6.45) is 3.93. The molecule has 1 unspecified atom stereocenters. The number of carbonyl (C=O) groups excluding carboxylic acids is 1.